The summed E-state index contributed by atoms with van der Waals surface area (Å²) >= 11 is 1.35. The van der Waals surface area contributed by atoms with Crippen molar-refractivity contribution in [3.05, 3.63) is 29.8 Å². The maximum absolute atomic E-state index is 12.8. The molecule has 27 heavy (non-hydrogen) atoms. The van der Waals surface area contributed by atoms with Crippen LogP contribution in [0.15, 0.2) is 29.2 Å². The van der Waals surface area contributed by atoms with E-state index < -0.39 is 10.0 Å². The number of hydrogen-bond acceptors (Lipinski definition) is 7. The second kappa shape index (κ2) is 9.73. The highest BCUT2D eigenvalue weighted by molar-refractivity contribution is 7.99. The van der Waals surface area contributed by atoms with E-state index in [0.29, 0.717) is 18.8 Å². The van der Waals surface area contributed by atoms with Crippen molar-refractivity contribution in [2.75, 3.05) is 44.8 Å². The minimum absolute atomic E-state index is 0.00866. The van der Waals surface area contributed by atoms with Gasteiger partial charge in [0, 0.05) is 31.9 Å². The Balaban J connectivity index is 1.88. The Hall–Kier alpha value is -2.09. The van der Waals surface area contributed by atoms with Crippen LogP contribution in [0.3, 0.4) is 0 Å². The van der Waals surface area contributed by atoms with Crippen molar-refractivity contribution in [1.82, 2.24) is 9.21 Å². The molecule has 1 heterocycles. The summed E-state index contributed by atoms with van der Waals surface area (Å²) < 4.78 is 31.4. The van der Waals surface area contributed by atoms with Gasteiger partial charge in [-0.15, -0.1) is 0 Å². The number of nitrogens with zero attached hydrogens (tertiary/aromatic N) is 3. The fourth-order valence-electron chi connectivity index (χ4n) is 2.61. The number of rotatable bonds is 7. The predicted molar refractivity (Wildman–Crippen MR) is 100 cm³/mol. The number of ether oxygens (including phenoxy) is 1. The van der Waals surface area contributed by atoms with E-state index in [2.05, 4.69) is 4.74 Å². The molecule has 1 saturated heterocycles. The molecule has 1 aliphatic heterocycles. The molecule has 0 N–H and O–H groups in total. The summed E-state index contributed by atoms with van der Waals surface area (Å²) in [6, 6.07) is 7.99. The highest BCUT2D eigenvalue weighted by atomic mass is 32.2. The minimum Gasteiger partial charge on any atom is -0.469 e. The van der Waals surface area contributed by atoms with E-state index in [4.69, 9.17) is 5.26 Å². The van der Waals surface area contributed by atoms with Crippen LogP contribution in [0, 0.1) is 11.3 Å². The van der Waals surface area contributed by atoms with Crippen molar-refractivity contribution in [2.24, 2.45) is 0 Å². The zero-order valence-electron chi connectivity index (χ0n) is 15.0. The number of carbonyl (C=O) groups is 2. The Labute approximate surface area is 163 Å². The number of piperazine rings is 1. The van der Waals surface area contributed by atoms with Crippen LogP contribution < -0.4 is 0 Å². The molecule has 1 aromatic rings. The SMILES string of the molecule is COC(=O)CCSCC(=O)N1CCN(S(=O)(=O)c2ccccc2C#N)CC1. The first-order chi connectivity index (χ1) is 12.9. The van der Waals surface area contributed by atoms with E-state index in [1.165, 1.54) is 35.3 Å². The van der Waals surface area contributed by atoms with Gasteiger partial charge in [0.2, 0.25) is 15.9 Å². The molecule has 0 aliphatic carbocycles. The molecule has 0 radical (unpaired) electrons. The van der Waals surface area contributed by atoms with Gasteiger partial charge in [-0.25, -0.2) is 8.42 Å². The zero-order valence-corrected chi connectivity index (χ0v) is 16.6. The fourth-order valence-corrected chi connectivity index (χ4v) is 4.99. The molecule has 0 atom stereocenters. The van der Waals surface area contributed by atoms with Crippen molar-refractivity contribution in [3.63, 3.8) is 0 Å². The molecule has 0 saturated carbocycles. The highest BCUT2D eigenvalue weighted by Crippen LogP contribution is 2.21. The normalized spacial score (nSPS) is 15.2. The lowest BCUT2D eigenvalue weighted by atomic mass is 10.2. The second-order valence-electron chi connectivity index (χ2n) is 5.77. The van der Waals surface area contributed by atoms with Crippen molar-refractivity contribution < 1.29 is 22.7 Å². The third kappa shape index (κ3) is 5.45. The van der Waals surface area contributed by atoms with E-state index in [1.807, 2.05) is 6.07 Å². The zero-order chi connectivity index (χ0) is 19.9. The highest BCUT2D eigenvalue weighted by Gasteiger charge is 2.31. The Kier molecular flexibility index (Phi) is 7.65. The molecule has 2 rings (SSSR count). The quantitative estimate of drug-likeness (QED) is 0.480. The van der Waals surface area contributed by atoms with Crippen LogP contribution >= 0.6 is 11.8 Å². The summed E-state index contributed by atoms with van der Waals surface area (Å²) in [7, 11) is -2.45. The molecular weight excluding hydrogens is 390 g/mol. The number of sulfonamides is 1. The molecule has 1 fully saturated rings. The number of thioether (sulfide) groups is 1. The number of methoxy groups -OCH3 is 1. The molecular formula is C17H21N3O5S2. The van der Waals surface area contributed by atoms with Crippen LogP contribution in [-0.2, 0) is 24.3 Å². The Morgan fingerprint density at radius 3 is 2.52 bits per heavy atom. The smallest absolute Gasteiger partial charge is 0.306 e. The summed E-state index contributed by atoms with van der Waals surface area (Å²) in [4.78, 5) is 24.9. The van der Waals surface area contributed by atoms with Crippen LogP contribution in [0.4, 0.5) is 0 Å². The molecule has 146 valence electrons. The van der Waals surface area contributed by atoms with Gasteiger partial charge in [-0.3, -0.25) is 9.59 Å². The van der Waals surface area contributed by atoms with E-state index in [1.54, 1.807) is 17.0 Å². The molecule has 1 amide bonds. The third-order valence-corrected chi connectivity index (χ3v) is 7.02. The number of carbonyl (C=O) groups excluding carboxylic acids is 2. The lowest BCUT2D eigenvalue weighted by Crippen LogP contribution is -2.51. The van der Waals surface area contributed by atoms with Crippen molar-refractivity contribution in [3.8, 4) is 6.07 Å². The topological polar surface area (TPSA) is 108 Å². The average molecular weight is 412 g/mol. The summed E-state index contributed by atoms with van der Waals surface area (Å²) in [6.07, 6.45) is 0.249. The first kappa shape index (κ1) is 21.2. The van der Waals surface area contributed by atoms with E-state index >= 15 is 0 Å². The van der Waals surface area contributed by atoms with Gasteiger partial charge < -0.3 is 9.64 Å². The molecule has 0 spiro atoms. The second-order valence-corrected chi connectivity index (χ2v) is 8.78. The average Bonchev–Trinajstić information content (AvgIpc) is 2.70. The fraction of sp³-hybridized carbons (Fsp3) is 0.471. The van der Waals surface area contributed by atoms with E-state index in [-0.39, 0.29) is 47.6 Å². The lowest BCUT2D eigenvalue weighted by molar-refractivity contribution is -0.140. The number of hydrogen-bond donors (Lipinski definition) is 0. The maximum atomic E-state index is 12.8. The predicted octanol–water partition coefficient (Wildman–Crippen LogP) is 0.687. The number of amides is 1. The minimum atomic E-state index is -3.77. The van der Waals surface area contributed by atoms with Crippen LogP contribution in [-0.4, -0.2) is 74.3 Å². The van der Waals surface area contributed by atoms with Gasteiger partial charge >= 0.3 is 5.97 Å². The molecule has 10 heteroatoms. The van der Waals surface area contributed by atoms with Gasteiger partial charge in [0.05, 0.1) is 29.7 Å². The monoisotopic (exact) mass is 411 g/mol. The van der Waals surface area contributed by atoms with Gasteiger partial charge in [0.15, 0.2) is 0 Å². The maximum Gasteiger partial charge on any atom is 0.306 e. The van der Waals surface area contributed by atoms with Crippen LogP contribution in [0.1, 0.15) is 12.0 Å². The van der Waals surface area contributed by atoms with Crippen LogP contribution in [0.5, 0.6) is 0 Å². The van der Waals surface area contributed by atoms with Gasteiger partial charge in [0.1, 0.15) is 6.07 Å². The van der Waals surface area contributed by atoms with Gasteiger partial charge in [-0.1, -0.05) is 12.1 Å². The molecule has 0 aromatic heterocycles. The first-order valence-corrected chi connectivity index (χ1v) is 10.9. The number of benzene rings is 1. The van der Waals surface area contributed by atoms with E-state index in [9.17, 15) is 18.0 Å². The summed E-state index contributed by atoms with van der Waals surface area (Å²) in [6.45, 7) is 0.954. The van der Waals surface area contributed by atoms with Crippen molar-refractivity contribution in [2.45, 2.75) is 11.3 Å². The first-order valence-electron chi connectivity index (χ1n) is 8.31. The van der Waals surface area contributed by atoms with Crippen molar-refractivity contribution in [1.29, 1.82) is 5.26 Å². The summed E-state index contributed by atoms with van der Waals surface area (Å²) in [5.41, 5.74) is 0.109. The third-order valence-electron chi connectivity index (χ3n) is 4.12. The molecule has 1 aliphatic rings. The number of nitriles is 1. The Bertz CT molecular complexity index is 827. The van der Waals surface area contributed by atoms with Gasteiger partial charge in [0.25, 0.3) is 0 Å². The van der Waals surface area contributed by atoms with Crippen molar-refractivity contribution >= 4 is 33.7 Å². The summed E-state index contributed by atoms with van der Waals surface area (Å²) in [5, 5.41) is 9.13. The van der Waals surface area contributed by atoms with Crippen LogP contribution in [0.25, 0.3) is 0 Å². The Morgan fingerprint density at radius 1 is 1.22 bits per heavy atom. The number of esters is 1. The summed E-state index contributed by atoms with van der Waals surface area (Å²) in [5.74, 6) is 0.337. The Morgan fingerprint density at radius 2 is 1.89 bits per heavy atom. The molecule has 1 aromatic carbocycles. The lowest BCUT2D eigenvalue weighted by Gasteiger charge is -2.34. The standard InChI is InChI=1S/C17H21N3O5S2/c1-25-17(22)6-11-26-13-16(21)19-7-9-20(10-8-19)27(23,24)15-5-3-2-4-14(15)12-18/h2-5H,6-11,13H2,1H3. The molecule has 0 unspecified atom stereocenters. The van der Waals surface area contributed by atoms with E-state index in [0.717, 1.165) is 0 Å². The van der Waals surface area contributed by atoms with Gasteiger partial charge in [-0.05, 0) is 12.1 Å². The largest absolute Gasteiger partial charge is 0.469 e. The molecule has 8 nitrogen and oxygen atoms in total. The van der Waals surface area contributed by atoms with Crippen LogP contribution in [0.2, 0.25) is 0 Å². The molecule has 0 bridgehead atoms. The van der Waals surface area contributed by atoms with Gasteiger partial charge in [-0.2, -0.15) is 21.3 Å².